The second-order valence-electron chi connectivity index (χ2n) is 5.47. The fourth-order valence-electron chi connectivity index (χ4n) is 1.78. The summed E-state index contributed by atoms with van der Waals surface area (Å²) in [7, 11) is 0. The standard InChI is InChI=1S/C16H18ClN/c1-16(2,3)12-9-13(17)11-15(10-12)18-14-7-5-4-6-8-14/h4-11,18H,1-3H3. The molecular formula is C16H18ClN. The van der Waals surface area contributed by atoms with Crippen molar-refractivity contribution in [2.45, 2.75) is 26.2 Å². The van der Waals surface area contributed by atoms with E-state index in [9.17, 15) is 0 Å². The number of hydrogen-bond donors (Lipinski definition) is 1. The predicted octanol–water partition coefficient (Wildman–Crippen LogP) is 5.38. The molecule has 94 valence electrons. The molecule has 1 nitrogen and oxygen atoms in total. The Bertz CT molecular complexity index is 527. The maximum atomic E-state index is 6.18. The SMILES string of the molecule is CC(C)(C)c1cc(Cl)cc(Nc2ccccc2)c1. The van der Waals surface area contributed by atoms with Crippen LogP contribution in [0.2, 0.25) is 5.02 Å². The van der Waals surface area contributed by atoms with Gasteiger partial charge < -0.3 is 5.32 Å². The van der Waals surface area contributed by atoms with Gasteiger partial charge in [0.25, 0.3) is 0 Å². The number of rotatable bonds is 2. The minimum absolute atomic E-state index is 0.0953. The van der Waals surface area contributed by atoms with Gasteiger partial charge >= 0.3 is 0 Å². The minimum Gasteiger partial charge on any atom is -0.355 e. The maximum absolute atomic E-state index is 6.18. The Hall–Kier alpha value is -1.47. The average Bonchev–Trinajstić information content (AvgIpc) is 2.28. The summed E-state index contributed by atoms with van der Waals surface area (Å²) >= 11 is 6.18. The van der Waals surface area contributed by atoms with Crippen molar-refractivity contribution in [1.29, 1.82) is 0 Å². The highest BCUT2D eigenvalue weighted by molar-refractivity contribution is 6.31. The van der Waals surface area contributed by atoms with Gasteiger partial charge in [-0.3, -0.25) is 0 Å². The van der Waals surface area contributed by atoms with Crippen LogP contribution in [0.3, 0.4) is 0 Å². The lowest BCUT2D eigenvalue weighted by molar-refractivity contribution is 0.590. The van der Waals surface area contributed by atoms with Gasteiger partial charge in [-0.25, -0.2) is 0 Å². The van der Waals surface area contributed by atoms with Crippen LogP contribution in [-0.2, 0) is 5.41 Å². The number of anilines is 2. The number of halogens is 1. The molecule has 2 aromatic rings. The van der Waals surface area contributed by atoms with Crippen LogP contribution in [0.4, 0.5) is 11.4 Å². The van der Waals surface area contributed by atoms with Crippen molar-refractivity contribution in [3.05, 3.63) is 59.1 Å². The minimum atomic E-state index is 0.0953. The van der Waals surface area contributed by atoms with Crippen molar-refractivity contribution in [3.63, 3.8) is 0 Å². The molecule has 2 rings (SSSR count). The molecule has 0 radical (unpaired) electrons. The van der Waals surface area contributed by atoms with Gasteiger partial charge in [0.1, 0.15) is 0 Å². The molecule has 0 atom stereocenters. The molecule has 0 aliphatic heterocycles. The largest absolute Gasteiger partial charge is 0.355 e. The number of para-hydroxylation sites is 1. The molecule has 0 saturated carbocycles. The molecule has 0 aliphatic rings. The van der Waals surface area contributed by atoms with Crippen molar-refractivity contribution in [2.24, 2.45) is 0 Å². The van der Waals surface area contributed by atoms with Crippen LogP contribution in [0.25, 0.3) is 0 Å². The third kappa shape index (κ3) is 3.27. The van der Waals surface area contributed by atoms with Crippen molar-refractivity contribution >= 4 is 23.0 Å². The fourth-order valence-corrected chi connectivity index (χ4v) is 2.02. The van der Waals surface area contributed by atoms with Crippen molar-refractivity contribution < 1.29 is 0 Å². The summed E-state index contributed by atoms with van der Waals surface area (Å²) < 4.78 is 0. The Balaban J connectivity index is 2.32. The first kappa shape index (κ1) is 13.0. The maximum Gasteiger partial charge on any atom is 0.0429 e. The first-order valence-electron chi connectivity index (χ1n) is 6.08. The molecule has 18 heavy (non-hydrogen) atoms. The first-order chi connectivity index (χ1) is 8.45. The summed E-state index contributed by atoms with van der Waals surface area (Å²) in [6.45, 7) is 6.56. The van der Waals surface area contributed by atoms with Crippen LogP contribution < -0.4 is 5.32 Å². The van der Waals surface area contributed by atoms with E-state index in [2.05, 4.69) is 32.2 Å². The molecule has 1 N–H and O–H groups in total. The second-order valence-corrected chi connectivity index (χ2v) is 5.91. The van der Waals surface area contributed by atoms with Gasteiger partial charge in [0.2, 0.25) is 0 Å². The number of benzene rings is 2. The summed E-state index contributed by atoms with van der Waals surface area (Å²) in [4.78, 5) is 0. The third-order valence-corrected chi connectivity index (χ3v) is 3.04. The van der Waals surface area contributed by atoms with E-state index in [0.717, 1.165) is 16.4 Å². The summed E-state index contributed by atoms with van der Waals surface area (Å²) in [5, 5.41) is 4.14. The molecule has 2 aromatic carbocycles. The summed E-state index contributed by atoms with van der Waals surface area (Å²) in [5.74, 6) is 0. The fraction of sp³-hybridized carbons (Fsp3) is 0.250. The van der Waals surface area contributed by atoms with Gasteiger partial charge in [-0.2, -0.15) is 0 Å². The van der Waals surface area contributed by atoms with Crippen LogP contribution >= 0.6 is 11.6 Å². The molecule has 2 heteroatoms. The Morgan fingerprint density at radius 3 is 2.17 bits per heavy atom. The van der Waals surface area contributed by atoms with Gasteiger partial charge in [-0.05, 0) is 41.3 Å². The summed E-state index contributed by atoms with van der Waals surface area (Å²) in [5.41, 5.74) is 3.42. The highest BCUT2D eigenvalue weighted by Crippen LogP contribution is 2.29. The Morgan fingerprint density at radius 2 is 1.56 bits per heavy atom. The zero-order valence-corrected chi connectivity index (χ0v) is 11.8. The lowest BCUT2D eigenvalue weighted by Crippen LogP contribution is -2.11. The Labute approximate surface area is 114 Å². The quantitative estimate of drug-likeness (QED) is 0.763. The van der Waals surface area contributed by atoms with Gasteiger partial charge in [-0.15, -0.1) is 0 Å². The molecule has 0 aromatic heterocycles. The highest BCUT2D eigenvalue weighted by Gasteiger charge is 2.15. The topological polar surface area (TPSA) is 12.0 Å². The molecule has 0 amide bonds. The van der Waals surface area contributed by atoms with Gasteiger partial charge in [0.05, 0.1) is 0 Å². The van der Waals surface area contributed by atoms with E-state index in [0.29, 0.717) is 0 Å². The molecule has 0 unspecified atom stereocenters. The normalized spacial score (nSPS) is 11.3. The lowest BCUT2D eigenvalue weighted by atomic mass is 9.87. The van der Waals surface area contributed by atoms with Gasteiger partial charge in [-0.1, -0.05) is 50.6 Å². The predicted molar refractivity (Wildman–Crippen MR) is 79.9 cm³/mol. The zero-order chi connectivity index (χ0) is 13.2. The molecule has 0 aliphatic carbocycles. The van der Waals surface area contributed by atoms with E-state index in [4.69, 9.17) is 11.6 Å². The lowest BCUT2D eigenvalue weighted by Gasteiger charge is -2.20. The molecule has 0 spiro atoms. The molecule has 0 heterocycles. The van der Waals surface area contributed by atoms with E-state index in [1.807, 2.05) is 42.5 Å². The van der Waals surface area contributed by atoms with Crippen LogP contribution in [0.15, 0.2) is 48.5 Å². The van der Waals surface area contributed by atoms with E-state index >= 15 is 0 Å². The number of hydrogen-bond acceptors (Lipinski definition) is 1. The van der Waals surface area contributed by atoms with E-state index in [-0.39, 0.29) is 5.41 Å². The molecular weight excluding hydrogens is 242 g/mol. The monoisotopic (exact) mass is 259 g/mol. The summed E-state index contributed by atoms with van der Waals surface area (Å²) in [6.07, 6.45) is 0. The molecule has 0 bridgehead atoms. The van der Waals surface area contributed by atoms with Crippen LogP contribution in [0.5, 0.6) is 0 Å². The average molecular weight is 260 g/mol. The Morgan fingerprint density at radius 1 is 0.889 bits per heavy atom. The van der Waals surface area contributed by atoms with Crippen molar-refractivity contribution in [2.75, 3.05) is 5.32 Å². The van der Waals surface area contributed by atoms with Crippen molar-refractivity contribution in [1.82, 2.24) is 0 Å². The van der Waals surface area contributed by atoms with Crippen LogP contribution in [-0.4, -0.2) is 0 Å². The summed E-state index contributed by atoms with van der Waals surface area (Å²) in [6, 6.07) is 16.2. The van der Waals surface area contributed by atoms with Gasteiger partial charge in [0.15, 0.2) is 0 Å². The highest BCUT2D eigenvalue weighted by atomic mass is 35.5. The number of nitrogens with one attached hydrogen (secondary N) is 1. The van der Waals surface area contributed by atoms with E-state index < -0.39 is 0 Å². The molecule has 0 fully saturated rings. The Kier molecular flexibility index (Phi) is 3.63. The smallest absolute Gasteiger partial charge is 0.0429 e. The van der Waals surface area contributed by atoms with Crippen molar-refractivity contribution in [3.8, 4) is 0 Å². The first-order valence-corrected chi connectivity index (χ1v) is 6.46. The zero-order valence-electron chi connectivity index (χ0n) is 11.0. The third-order valence-electron chi connectivity index (χ3n) is 2.83. The van der Waals surface area contributed by atoms with Gasteiger partial charge in [0, 0.05) is 16.4 Å². The molecule has 0 saturated heterocycles. The second kappa shape index (κ2) is 5.03. The van der Waals surface area contributed by atoms with Crippen LogP contribution in [0.1, 0.15) is 26.3 Å². The van der Waals surface area contributed by atoms with E-state index in [1.54, 1.807) is 0 Å². The van der Waals surface area contributed by atoms with Crippen LogP contribution in [0, 0.1) is 0 Å². The van der Waals surface area contributed by atoms with E-state index in [1.165, 1.54) is 5.56 Å².